The standard InChI is InChI=1S/C27H30BCl2NO6/c1-26(2)15-12-19(26)27(3)20(13-15)36-28(37-27)21(31-24(32)22-17(29)9-6-10-18(22)30)11-14-7-5-8-16(25(33)34)23(14)35-4/h5-10,15,19-21H,11-13H2,1-4H3,(H,31,32)(H,33,34). The van der Waals surface area contributed by atoms with E-state index in [0.29, 0.717) is 17.4 Å². The second kappa shape index (κ2) is 9.49. The first-order valence-electron chi connectivity index (χ1n) is 12.4. The molecule has 2 bridgehead atoms. The summed E-state index contributed by atoms with van der Waals surface area (Å²) in [5.74, 6) is -1.09. The van der Waals surface area contributed by atoms with Gasteiger partial charge in [0.2, 0.25) is 0 Å². The summed E-state index contributed by atoms with van der Waals surface area (Å²) in [7, 11) is 0.670. The average Bonchev–Trinajstić information content (AvgIpc) is 3.20. The van der Waals surface area contributed by atoms with Crippen LogP contribution in [0.1, 0.15) is 59.9 Å². The molecule has 2 aromatic rings. The van der Waals surface area contributed by atoms with Crippen LogP contribution < -0.4 is 10.1 Å². The average molecular weight is 546 g/mol. The Kier molecular flexibility index (Phi) is 6.76. The highest BCUT2D eigenvalue weighted by atomic mass is 35.5. The fourth-order valence-corrected chi connectivity index (χ4v) is 7.20. The molecule has 5 atom stereocenters. The van der Waals surface area contributed by atoms with Crippen LogP contribution in [0.3, 0.4) is 0 Å². The number of nitrogens with one attached hydrogen (secondary N) is 1. The number of carboxylic acids is 1. The summed E-state index contributed by atoms with van der Waals surface area (Å²) in [6.07, 6.45) is 2.11. The maximum Gasteiger partial charge on any atom is 0.482 e. The van der Waals surface area contributed by atoms with Gasteiger partial charge < -0.3 is 24.5 Å². The van der Waals surface area contributed by atoms with Gasteiger partial charge in [-0.05, 0) is 67.2 Å². The van der Waals surface area contributed by atoms with Crippen molar-refractivity contribution in [3.8, 4) is 5.75 Å². The number of halogens is 2. The lowest BCUT2D eigenvalue weighted by Gasteiger charge is -2.64. The van der Waals surface area contributed by atoms with Crippen molar-refractivity contribution < 1.29 is 28.7 Å². The molecular weight excluding hydrogens is 516 g/mol. The number of benzene rings is 2. The Labute approximate surface area is 226 Å². The molecule has 4 aliphatic rings. The van der Waals surface area contributed by atoms with E-state index in [9.17, 15) is 14.7 Å². The first-order valence-corrected chi connectivity index (χ1v) is 13.2. The molecule has 37 heavy (non-hydrogen) atoms. The van der Waals surface area contributed by atoms with Crippen molar-refractivity contribution in [1.82, 2.24) is 5.32 Å². The molecule has 0 spiro atoms. The molecule has 6 rings (SSSR count). The van der Waals surface area contributed by atoms with Crippen molar-refractivity contribution in [1.29, 1.82) is 0 Å². The lowest BCUT2D eigenvalue weighted by molar-refractivity contribution is -0.199. The number of ether oxygens (including phenoxy) is 1. The van der Waals surface area contributed by atoms with E-state index in [-0.39, 0.29) is 44.9 Å². The number of methoxy groups -OCH3 is 1. The summed E-state index contributed by atoms with van der Waals surface area (Å²) in [6.45, 7) is 6.67. The first kappa shape index (κ1) is 26.4. The predicted octanol–water partition coefficient (Wildman–Crippen LogP) is 5.31. The van der Waals surface area contributed by atoms with Gasteiger partial charge in [-0.3, -0.25) is 4.79 Å². The molecule has 2 aromatic carbocycles. The van der Waals surface area contributed by atoms with Gasteiger partial charge in [-0.1, -0.05) is 55.2 Å². The Bertz CT molecular complexity index is 1240. The monoisotopic (exact) mass is 545 g/mol. The summed E-state index contributed by atoms with van der Waals surface area (Å²) < 4.78 is 18.6. The van der Waals surface area contributed by atoms with Crippen LogP contribution in [0.5, 0.6) is 5.75 Å². The number of rotatable bonds is 7. The van der Waals surface area contributed by atoms with Crippen molar-refractivity contribution in [2.45, 2.75) is 57.7 Å². The quantitative estimate of drug-likeness (QED) is 0.458. The minimum absolute atomic E-state index is 0.0377. The smallest absolute Gasteiger partial charge is 0.482 e. The van der Waals surface area contributed by atoms with Gasteiger partial charge >= 0.3 is 13.1 Å². The molecule has 1 aliphatic heterocycles. The Morgan fingerprint density at radius 2 is 1.84 bits per heavy atom. The number of carbonyl (C=O) groups is 2. The largest absolute Gasteiger partial charge is 0.496 e. The summed E-state index contributed by atoms with van der Waals surface area (Å²) in [6, 6.07) is 9.78. The Hall–Kier alpha value is -2.26. The number of hydrogen-bond donors (Lipinski definition) is 2. The van der Waals surface area contributed by atoms with Gasteiger partial charge in [0.15, 0.2) is 0 Å². The maximum absolute atomic E-state index is 13.4. The van der Waals surface area contributed by atoms with Gasteiger partial charge in [-0.25, -0.2) is 4.79 Å². The normalized spacial score (nSPS) is 28.2. The summed E-state index contributed by atoms with van der Waals surface area (Å²) in [4.78, 5) is 25.2. The van der Waals surface area contributed by atoms with E-state index in [1.165, 1.54) is 13.2 Å². The summed E-state index contributed by atoms with van der Waals surface area (Å²) in [5.41, 5.74) is 0.477. The van der Waals surface area contributed by atoms with Gasteiger partial charge in [0, 0.05) is 0 Å². The van der Waals surface area contributed by atoms with Gasteiger partial charge in [0.1, 0.15) is 11.3 Å². The highest BCUT2D eigenvalue weighted by Crippen LogP contribution is 2.65. The van der Waals surface area contributed by atoms with Gasteiger partial charge in [0.25, 0.3) is 5.91 Å². The van der Waals surface area contributed by atoms with Crippen LogP contribution in [0, 0.1) is 17.3 Å². The van der Waals surface area contributed by atoms with Crippen LogP contribution in [0.15, 0.2) is 36.4 Å². The molecule has 7 nitrogen and oxygen atoms in total. The molecule has 3 aliphatic carbocycles. The lowest BCUT2D eigenvalue weighted by Crippen LogP contribution is -2.65. The van der Waals surface area contributed by atoms with Crippen molar-refractivity contribution in [3.63, 3.8) is 0 Å². The molecule has 2 N–H and O–H groups in total. The zero-order chi connectivity index (χ0) is 26.7. The zero-order valence-electron chi connectivity index (χ0n) is 21.2. The first-order chi connectivity index (χ1) is 17.5. The molecule has 0 aromatic heterocycles. The van der Waals surface area contributed by atoms with Gasteiger partial charge in [-0.15, -0.1) is 0 Å². The van der Waals surface area contributed by atoms with Crippen LogP contribution in [-0.4, -0.2) is 48.9 Å². The van der Waals surface area contributed by atoms with Crippen LogP contribution >= 0.6 is 23.2 Å². The molecule has 1 heterocycles. The summed E-state index contributed by atoms with van der Waals surface area (Å²) in [5, 5.41) is 13.1. The molecule has 5 unspecified atom stereocenters. The SMILES string of the molecule is COc1c(CC(NC(=O)c2c(Cl)cccc2Cl)B2OC3CC4CC(C4(C)C)C3(C)O2)cccc1C(=O)O. The van der Waals surface area contributed by atoms with Crippen molar-refractivity contribution in [3.05, 3.63) is 63.1 Å². The van der Waals surface area contributed by atoms with Crippen LogP contribution in [0.25, 0.3) is 0 Å². The lowest BCUT2D eigenvalue weighted by atomic mass is 9.43. The molecule has 196 valence electrons. The number of aromatic carboxylic acids is 1. The third-order valence-electron chi connectivity index (χ3n) is 8.77. The molecule has 4 fully saturated rings. The number of hydrogen-bond acceptors (Lipinski definition) is 5. The topological polar surface area (TPSA) is 94.1 Å². The van der Waals surface area contributed by atoms with Crippen LogP contribution in [-0.2, 0) is 15.7 Å². The number of carbonyl (C=O) groups excluding carboxylic acids is 1. The van der Waals surface area contributed by atoms with Crippen LogP contribution in [0.2, 0.25) is 10.0 Å². The Balaban J connectivity index is 1.49. The van der Waals surface area contributed by atoms with E-state index < -0.39 is 30.5 Å². The zero-order valence-corrected chi connectivity index (χ0v) is 22.7. The molecule has 1 saturated heterocycles. The Morgan fingerprint density at radius 3 is 2.46 bits per heavy atom. The molecule has 3 saturated carbocycles. The van der Waals surface area contributed by atoms with Gasteiger partial charge in [0.05, 0.1) is 40.4 Å². The van der Waals surface area contributed by atoms with E-state index in [0.717, 1.165) is 12.8 Å². The molecule has 10 heteroatoms. The van der Waals surface area contributed by atoms with Gasteiger partial charge in [-0.2, -0.15) is 0 Å². The number of para-hydroxylation sites is 1. The fraction of sp³-hybridized carbons (Fsp3) is 0.481. The second-order valence-corrected chi connectivity index (χ2v) is 11.8. The third-order valence-corrected chi connectivity index (χ3v) is 9.40. The van der Waals surface area contributed by atoms with Crippen molar-refractivity contribution in [2.24, 2.45) is 17.3 Å². The van der Waals surface area contributed by atoms with Crippen molar-refractivity contribution >= 4 is 42.2 Å². The van der Waals surface area contributed by atoms with E-state index in [4.69, 9.17) is 37.2 Å². The molecule has 1 amide bonds. The minimum atomic E-state index is -1.10. The third kappa shape index (κ3) is 4.32. The molecular formula is C27H30BCl2NO6. The number of amides is 1. The van der Waals surface area contributed by atoms with E-state index >= 15 is 0 Å². The predicted molar refractivity (Wildman–Crippen MR) is 141 cm³/mol. The highest BCUT2D eigenvalue weighted by molar-refractivity contribution is 6.48. The maximum atomic E-state index is 13.4. The van der Waals surface area contributed by atoms with Crippen LogP contribution in [0.4, 0.5) is 0 Å². The Morgan fingerprint density at radius 1 is 1.16 bits per heavy atom. The molecule has 0 radical (unpaired) electrons. The van der Waals surface area contributed by atoms with E-state index in [1.807, 2.05) is 0 Å². The fourth-order valence-electron chi connectivity index (χ4n) is 6.63. The van der Waals surface area contributed by atoms with Crippen molar-refractivity contribution in [2.75, 3.05) is 7.11 Å². The second-order valence-electron chi connectivity index (χ2n) is 11.0. The highest BCUT2D eigenvalue weighted by Gasteiger charge is 2.68. The van der Waals surface area contributed by atoms with E-state index in [2.05, 4.69) is 26.1 Å². The van der Waals surface area contributed by atoms with E-state index in [1.54, 1.807) is 30.3 Å². The number of carboxylic acid groups (broad SMARTS) is 1. The summed E-state index contributed by atoms with van der Waals surface area (Å²) >= 11 is 12.6. The minimum Gasteiger partial charge on any atom is -0.496 e.